The Morgan fingerprint density at radius 1 is 1.09 bits per heavy atom. The van der Waals surface area contributed by atoms with E-state index in [1.54, 1.807) is 17.0 Å². The Balaban J connectivity index is 1.55. The van der Waals surface area contributed by atoms with Gasteiger partial charge in [-0.3, -0.25) is 0 Å². The number of aromatic nitrogens is 4. The molecule has 0 amide bonds. The van der Waals surface area contributed by atoms with E-state index in [1.165, 1.54) is 12.1 Å². The van der Waals surface area contributed by atoms with Crippen LogP contribution in [-0.2, 0) is 17.5 Å². The predicted octanol–water partition coefficient (Wildman–Crippen LogP) is 3.94. The topological polar surface area (TPSA) is 68.1 Å². The van der Waals surface area contributed by atoms with Gasteiger partial charge in [-0.1, -0.05) is 18.2 Å². The summed E-state index contributed by atoms with van der Waals surface area (Å²) in [7, 11) is 0. The smallest absolute Gasteiger partial charge is 0.380 e. The molecule has 1 aromatic carbocycles. The Kier molecular flexibility index (Phi) is 4.63. The lowest BCUT2D eigenvalue weighted by Gasteiger charge is -2.55. The summed E-state index contributed by atoms with van der Waals surface area (Å²) in [4.78, 5) is 16.0. The van der Waals surface area contributed by atoms with Crippen molar-refractivity contribution in [3.63, 3.8) is 0 Å². The van der Waals surface area contributed by atoms with Gasteiger partial charge in [0.25, 0.3) is 0 Å². The van der Waals surface area contributed by atoms with Gasteiger partial charge in [0.1, 0.15) is 0 Å². The van der Waals surface area contributed by atoms with Crippen molar-refractivity contribution in [3.05, 3.63) is 41.7 Å². The number of ether oxygens (including phenoxy) is 1. The molecule has 2 fully saturated rings. The molecule has 2 aliphatic rings. The average Bonchev–Trinajstić information content (AvgIpc) is 3.00. The molecule has 2 saturated heterocycles. The van der Waals surface area contributed by atoms with Crippen LogP contribution in [0.4, 0.5) is 24.9 Å². The van der Waals surface area contributed by atoms with E-state index < -0.39 is 11.7 Å². The van der Waals surface area contributed by atoms with Crippen LogP contribution < -0.4 is 10.2 Å². The van der Waals surface area contributed by atoms with Crippen molar-refractivity contribution in [1.29, 1.82) is 0 Å². The highest BCUT2D eigenvalue weighted by Gasteiger charge is 2.50. The van der Waals surface area contributed by atoms with Crippen LogP contribution in [0.3, 0.4) is 0 Å². The highest BCUT2D eigenvalue weighted by atomic mass is 19.4. The number of rotatable bonds is 4. The van der Waals surface area contributed by atoms with Crippen molar-refractivity contribution in [2.24, 2.45) is 5.41 Å². The van der Waals surface area contributed by atoms with E-state index in [9.17, 15) is 13.2 Å². The Morgan fingerprint density at radius 2 is 1.81 bits per heavy atom. The molecular weight excluding hydrogens is 421 g/mol. The normalized spacial score (nSPS) is 18.0. The molecule has 0 radical (unpaired) electrons. The summed E-state index contributed by atoms with van der Waals surface area (Å²) in [6.07, 6.45) is -2.89. The summed E-state index contributed by atoms with van der Waals surface area (Å²) in [6.45, 7) is 9.14. The molecule has 1 N–H and O–H groups in total. The molecule has 3 aromatic rings. The van der Waals surface area contributed by atoms with Crippen molar-refractivity contribution in [2.45, 2.75) is 39.0 Å². The minimum atomic E-state index is -4.43. The maximum atomic E-state index is 13.5. The van der Waals surface area contributed by atoms with E-state index in [0.29, 0.717) is 22.9 Å². The molecule has 0 unspecified atom stereocenters. The molecule has 0 bridgehead atoms. The number of anilines is 2. The van der Waals surface area contributed by atoms with Crippen LogP contribution in [-0.4, -0.2) is 51.4 Å². The fourth-order valence-corrected chi connectivity index (χ4v) is 4.26. The van der Waals surface area contributed by atoms with Crippen LogP contribution in [0.15, 0.2) is 30.6 Å². The van der Waals surface area contributed by atoms with E-state index >= 15 is 0 Å². The molecule has 170 valence electrons. The van der Waals surface area contributed by atoms with Crippen LogP contribution >= 0.6 is 0 Å². The van der Waals surface area contributed by atoms with E-state index in [1.807, 2.05) is 20.8 Å². The zero-order valence-corrected chi connectivity index (χ0v) is 18.2. The van der Waals surface area contributed by atoms with E-state index in [-0.39, 0.29) is 23.1 Å². The molecule has 5 rings (SSSR count). The van der Waals surface area contributed by atoms with Gasteiger partial charge in [0, 0.05) is 18.6 Å². The van der Waals surface area contributed by atoms with Gasteiger partial charge in [0.05, 0.1) is 37.1 Å². The lowest BCUT2D eigenvalue weighted by Crippen LogP contribution is -2.66. The number of benzene rings is 1. The number of hydrogen-bond donors (Lipinski definition) is 1. The summed E-state index contributed by atoms with van der Waals surface area (Å²) in [6, 6.07) is 5.59. The van der Waals surface area contributed by atoms with Gasteiger partial charge in [-0.05, 0) is 32.4 Å². The van der Waals surface area contributed by atoms with Gasteiger partial charge < -0.3 is 19.5 Å². The van der Waals surface area contributed by atoms with Crippen molar-refractivity contribution < 1.29 is 17.9 Å². The lowest BCUT2D eigenvalue weighted by atomic mass is 9.78. The van der Waals surface area contributed by atoms with Crippen LogP contribution in [0.1, 0.15) is 31.9 Å². The zero-order valence-electron chi connectivity index (χ0n) is 18.2. The first kappa shape index (κ1) is 21.0. The Bertz CT molecular complexity index is 1150. The van der Waals surface area contributed by atoms with Crippen molar-refractivity contribution in [3.8, 4) is 0 Å². The lowest BCUT2D eigenvalue weighted by molar-refractivity contribution is -0.138. The van der Waals surface area contributed by atoms with Gasteiger partial charge in [-0.15, -0.1) is 0 Å². The SMILES string of the molecule is CC(C)(C)Nc1nc(N2CC3(COC3)C2)c2ncn(Cc3ccccc3C(F)(F)F)c2n1. The third kappa shape index (κ3) is 3.76. The van der Waals surface area contributed by atoms with Gasteiger partial charge in [-0.25, -0.2) is 4.98 Å². The van der Waals surface area contributed by atoms with Crippen LogP contribution in [0.5, 0.6) is 0 Å². The highest BCUT2D eigenvalue weighted by molar-refractivity contribution is 5.85. The zero-order chi connectivity index (χ0) is 22.7. The first-order valence-corrected chi connectivity index (χ1v) is 10.5. The number of alkyl halides is 3. The maximum Gasteiger partial charge on any atom is 0.416 e. The second-order valence-electron chi connectivity index (χ2n) is 9.79. The number of imidazole rings is 1. The third-order valence-corrected chi connectivity index (χ3v) is 5.76. The number of hydrogen-bond acceptors (Lipinski definition) is 6. The second-order valence-corrected chi connectivity index (χ2v) is 9.79. The molecular formula is C22H25F3N6O. The first-order chi connectivity index (χ1) is 15.0. The second kappa shape index (κ2) is 7.06. The fourth-order valence-electron chi connectivity index (χ4n) is 4.26. The van der Waals surface area contributed by atoms with E-state index in [0.717, 1.165) is 32.4 Å². The number of fused-ring (bicyclic) bond motifs is 1. The van der Waals surface area contributed by atoms with Gasteiger partial charge >= 0.3 is 6.18 Å². The van der Waals surface area contributed by atoms with Crippen LogP contribution in [0.25, 0.3) is 11.2 Å². The Hall–Kier alpha value is -2.88. The molecule has 1 spiro atoms. The van der Waals surface area contributed by atoms with Crippen molar-refractivity contribution >= 4 is 22.9 Å². The van der Waals surface area contributed by atoms with Gasteiger partial charge in [0.2, 0.25) is 5.95 Å². The summed E-state index contributed by atoms with van der Waals surface area (Å²) < 4.78 is 47.5. The fraction of sp³-hybridized carbons (Fsp3) is 0.500. The number of halogens is 3. The summed E-state index contributed by atoms with van der Waals surface area (Å²) >= 11 is 0. The monoisotopic (exact) mass is 446 g/mol. The maximum absolute atomic E-state index is 13.5. The molecule has 2 aromatic heterocycles. The van der Waals surface area contributed by atoms with Crippen molar-refractivity contribution in [1.82, 2.24) is 19.5 Å². The van der Waals surface area contributed by atoms with Crippen LogP contribution in [0, 0.1) is 5.41 Å². The standard InChI is InChI=1S/C22H25F3N6O/c1-20(2,3)29-19-27-17-16(18(28-19)31-9-21(10-31)11-32-12-21)26-13-30(17)8-14-6-4-5-7-15(14)22(23,24)25/h4-7,13H,8-12H2,1-3H3,(H,27,28,29). The third-order valence-electron chi connectivity index (χ3n) is 5.76. The van der Waals surface area contributed by atoms with E-state index in [4.69, 9.17) is 9.72 Å². The summed E-state index contributed by atoms with van der Waals surface area (Å²) in [5.74, 6) is 1.12. The first-order valence-electron chi connectivity index (χ1n) is 10.5. The molecule has 10 heteroatoms. The molecule has 0 atom stereocenters. The van der Waals surface area contributed by atoms with Gasteiger partial charge in [-0.2, -0.15) is 23.1 Å². The highest BCUT2D eigenvalue weighted by Crippen LogP contribution is 2.41. The predicted molar refractivity (Wildman–Crippen MR) is 115 cm³/mol. The Labute approximate surface area is 183 Å². The molecule has 2 aliphatic heterocycles. The quantitative estimate of drug-likeness (QED) is 0.655. The summed E-state index contributed by atoms with van der Waals surface area (Å²) in [5, 5.41) is 3.29. The molecule has 0 aliphatic carbocycles. The minimum absolute atomic E-state index is 0.00930. The van der Waals surface area contributed by atoms with Crippen LogP contribution in [0.2, 0.25) is 0 Å². The molecule has 7 nitrogen and oxygen atoms in total. The molecule has 0 saturated carbocycles. The largest absolute Gasteiger partial charge is 0.416 e. The number of nitrogens with one attached hydrogen (secondary N) is 1. The summed E-state index contributed by atoms with van der Waals surface area (Å²) in [5.41, 5.74) is 0.506. The molecule has 4 heterocycles. The van der Waals surface area contributed by atoms with Gasteiger partial charge in [0.15, 0.2) is 17.0 Å². The number of nitrogens with zero attached hydrogens (tertiary/aromatic N) is 5. The van der Waals surface area contributed by atoms with E-state index in [2.05, 4.69) is 20.2 Å². The average molecular weight is 446 g/mol. The van der Waals surface area contributed by atoms with Crippen molar-refractivity contribution in [2.75, 3.05) is 36.5 Å². The Morgan fingerprint density at radius 3 is 2.44 bits per heavy atom. The minimum Gasteiger partial charge on any atom is -0.380 e. The molecule has 32 heavy (non-hydrogen) atoms.